The highest BCUT2D eigenvalue weighted by Crippen LogP contribution is 2.36. The van der Waals surface area contributed by atoms with Crippen molar-refractivity contribution in [3.05, 3.63) is 76.5 Å². The number of ether oxygens (including phenoxy) is 1. The Labute approximate surface area is 183 Å². The van der Waals surface area contributed by atoms with Gasteiger partial charge in [-0.15, -0.1) is 0 Å². The van der Waals surface area contributed by atoms with E-state index >= 15 is 0 Å². The lowest BCUT2D eigenvalue weighted by Crippen LogP contribution is -2.63. The van der Waals surface area contributed by atoms with Crippen LogP contribution in [0, 0.1) is 5.92 Å². The van der Waals surface area contributed by atoms with Crippen LogP contribution in [-0.2, 0) is 13.0 Å². The Hall–Kier alpha value is -2.14. The van der Waals surface area contributed by atoms with Gasteiger partial charge in [-0.3, -0.25) is 4.90 Å². The van der Waals surface area contributed by atoms with Crippen LogP contribution < -0.4 is 10.1 Å². The number of rotatable bonds is 7. The van der Waals surface area contributed by atoms with Crippen molar-refractivity contribution < 1.29 is 4.74 Å². The molecule has 2 atom stereocenters. The van der Waals surface area contributed by atoms with Crippen molar-refractivity contribution in [3.8, 4) is 16.9 Å². The second-order valence-electron chi connectivity index (χ2n) is 8.53. The monoisotopic (exact) mass is 418 g/mol. The second kappa shape index (κ2) is 8.93. The molecule has 3 saturated heterocycles. The van der Waals surface area contributed by atoms with Crippen LogP contribution >= 0.6 is 11.3 Å². The molecule has 30 heavy (non-hydrogen) atoms. The van der Waals surface area contributed by atoms with Crippen LogP contribution in [0.2, 0.25) is 0 Å². The lowest BCUT2D eigenvalue weighted by atomic mass is 9.76. The summed E-state index contributed by atoms with van der Waals surface area (Å²) in [6, 6.07) is 20.7. The smallest absolute Gasteiger partial charge is 0.123 e. The van der Waals surface area contributed by atoms with E-state index in [1.165, 1.54) is 48.2 Å². The predicted molar refractivity (Wildman–Crippen MR) is 125 cm³/mol. The fraction of sp³-hybridized carbons (Fsp3) is 0.385. The summed E-state index contributed by atoms with van der Waals surface area (Å²) in [5.41, 5.74) is 5.46. The first-order valence-corrected chi connectivity index (χ1v) is 12.0. The normalized spacial score (nSPS) is 25.4. The lowest BCUT2D eigenvalue weighted by molar-refractivity contribution is 0.0127. The minimum absolute atomic E-state index is 0.521. The Balaban J connectivity index is 1.38. The van der Waals surface area contributed by atoms with E-state index in [0.29, 0.717) is 12.1 Å². The molecule has 2 unspecified atom stereocenters. The number of hydrogen-bond acceptors (Lipinski definition) is 4. The summed E-state index contributed by atoms with van der Waals surface area (Å²) < 4.78 is 5.58. The van der Waals surface area contributed by atoms with E-state index in [4.69, 9.17) is 4.74 Å². The van der Waals surface area contributed by atoms with Gasteiger partial charge in [-0.25, -0.2) is 0 Å². The van der Waals surface area contributed by atoms with Crippen LogP contribution in [0.1, 0.15) is 24.0 Å². The Kier molecular flexibility index (Phi) is 5.89. The fourth-order valence-electron chi connectivity index (χ4n) is 5.41. The van der Waals surface area contributed by atoms with Crippen molar-refractivity contribution in [1.29, 1.82) is 0 Å². The number of benzene rings is 2. The first-order valence-electron chi connectivity index (χ1n) is 11.0. The zero-order valence-electron chi connectivity index (χ0n) is 17.6. The van der Waals surface area contributed by atoms with E-state index in [1.54, 1.807) is 18.4 Å². The largest absolute Gasteiger partial charge is 0.496 e. The van der Waals surface area contributed by atoms with Crippen molar-refractivity contribution in [2.45, 2.75) is 37.9 Å². The molecule has 6 rings (SSSR count). The van der Waals surface area contributed by atoms with Gasteiger partial charge in [-0.05, 0) is 77.9 Å². The van der Waals surface area contributed by atoms with Crippen LogP contribution in [0.3, 0.4) is 0 Å². The molecule has 3 aromatic rings. The molecule has 2 aromatic carbocycles. The summed E-state index contributed by atoms with van der Waals surface area (Å²) in [6.45, 7) is 3.34. The Morgan fingerprint density at radius 2 is 1.77 bits per heavy atom. The highest BCUT2D eigenvalue weighted by molar-refractivity contribution is 7.08. The van der Waals surface area contributed by atoms with E-state index in [9.17, 15) is 0 Å². The third-order valence-electron chi connectivity index (χ3n) is 6.96. The van der Waals surface area contributed by atoms with Gasteiger partial charge >= 0.3 is 0 Å². The van der Waals surface area contributed by atoms with E-state index in [-0.39, 0.29) is 0 Å². The first-order chi connectivity index (χ1) is 14.8. The number of para-hydroxylation sites is 1. The maximum atomic E-state index is 5.58. The summed E-state index contributed by atoms with van der Waals surface area (Å²) >= 11 is 1.78. The van der Waals surface area contributed by atoms with Crippen molar-refractivity contribution in [2.75, 3.05) is 20.2 Å². The van der Waals surface area contributed by atoms with Gasteiger partial charge in [-0.1, -0.05) is 42.5 Å². The van der Waals surface area contributed by atoms with Crippen LogP contribution in [0.4, 0.5) is 0 Å². The molecular weight excluding hydrogens is 388 g/mol. The molecule has 3 nitrogen and oxygen atoms in total. The van der Waals surface area contributed by atoms with Crippen molar-refractivity contribution >= 4 is 11.3 Å². The SMILES string of the molecule is COc1ccccc1CNC1C2CCN(CC2)C1Cc1ccccc1-c1ccsc1. The zero-order chi connectivity index (χ0) is 20.3. The van der Waals surface area contributed by atoms with Gasteiger partial charge in [0, 0.05) is 24.2 Å². The van der Waals surface area contributed by atoms with Crippen molar-refractivity contribution in [2.24, 2.45) is 5.92 Å². The number of methoxy groups -OCH3 is 1. The van der Waals surface area contributed by atoms with E-state index in [0.717, 1.165) is 24.6 Å². The van der Waals surface area contributed by atoms with Gasteiger partial charge in [0.25, 0.3) is 0 Å². The van der Waals surface area contributed by atoms with Crippen molar-refractivity contribution in [3.63, 3.8) is 0 Å². The number of fused-ring (bicyclic) bond motifs is 3. The molecule has 2 bridgehead atoms. The van der Waals surface area contributed by atoms with Gasteiger partial charge < -0.3 is 10.1 Å². The van der Waals surface area contributed by atoms with Gasteiger partial charge in [0.1, 0.15) is 5.75 Å². The molecule has 0 aliphatic carbocycles. The van der Waals surface area contributed by atoms with Crippen LogP contribution in [0.5, 0.6) is 5.75 Å². The Bertz CT molecular complexity index is 963. The first kappa shape index (κ1) is 19.8. The Morgan fingerprint density at radius 1 is 1.00 bits per heavy atom. The number of nitrogens with one attached hydrogen (secondary N) is 1. The molecule has 0 radical (unpaired) electrons. The topological polar surface area (TPSA) is 24.5 Å². The highest BCUT2D eigenvalue weighted by atomic mass is 32.1. The summed E-state index contributed by atoms with van der Waals surface area (Å²) in [7, 11) is 1.76. The van der Waals surface area contributed by atoms with Crippen molar-refractivity contribution in [1.82, 2.24) is 10.2 Å². The lowest BCUT2D eigenvalue weighted by Gasteiger charge is -2.51. The molecule has 3 aliphatic rings. The maximum absolute atomic E-state index is 5.58. The molecule has 0 saturated carbocycles. The zero-order valence-corrected chi connectivity index (χ0v) is 18.4. The summed E-state index contributed by atoms with van der Waals surface area (Å²) in [5, 5.41) is 8.39. The molecule has 1 N–H and O–H groups in total. The average molecular weight is 419 g/mol. The van der Waals surface area contributed by atoms with Gasteiger partial charge in [-0.2, -0.15) is 11.3 Å². The minimum atomic E-state index is 0.521. The number of piperidine rings is 3. The standard InChI is InChI=1S/C26H30N2OS/c1-29-25-9-5-3-7-21(25)17-27-26-19-10-13-28(14-11-19)24(26)16-20-6-2-4-8-23(20)22-12-15-30-18-22/h2-9,12,15,18-19,24,26-27H,10-11,13-14,16-17H2,1H3. The van der Waals surface area contributed by atoms with Crippen LogP contribution in [-0.4, -0.2) is 37.2 Å². The maximum Gasteiger partial charge on any atom is 0.123 e. The average Bonchev–Trinajstić information content (AvgIpc) is 3.34. The molecular formula is C26H30N2OS. The molecule has 0 spiro atoms. The van der Waals surface area contributed by atoms with Gasteiger partial charge in [0.2, 0.25) is 0 Å². The van der Waals surface area contributed by atoms with E-state index in [1.807, 2.05) is 6.07 Å². The Morgan fingerprint density at radius 3 is 2.53 bits per heavy atom. The van der Waals surface area contributed by atoms with Gasteiger partial charge in [0.15, 0.2) is 0 Å². The quantitative estimate of drug-likeness (QED) is 0.569. The molecule has 3 fully saturated rings. The summed E-state index contributed by atoms with van der Waals surface area (Å²) in [4.78, 5) is 2.73. The third kappa shape index (κ3) is 3.92. The molecule has 156 valence electrons. The third-order valence-corrected chi connectivity index (χ3v) is 7.65. The minimum Gasteiger partial charge on any atom is -0.496 e. The van der Waals surface area contributed by atoms with E-state index < -0.39 is 0 Å². The molecule has 0 amide bonds. The summed E-state index contributed by atoms with van der Waals surface area (Å²) in [5.74, 6) is 1.74. The number of thiophene rings is 1. The highest BCUT2D eigenvalue weighted by Gasteiger charge is 2.41. The summed E-state index contributed by atoms with van der Waals surface area (Å²) in [6.07, 6.45) is 3.73. The molecule has 4 heteroatoms. The predicted octanol–water partition coefficient (Wildman–Crippen LogP) is 5.22. The molecule has 3 aliphatic heterocycles. The molecule has 4 heterocycles. The van der Waals surface area contributed by atoms with E-state index in [2.05, 4.69) is 69.5 Å². The van der Waals surface area contributed by atoms with Crippen LogP contribution in [0.15, 0.2) is 65.4 Å². The van der Waals surface area contributed by atoms with Gasteiger partial charge in [0.05, 0.1) is 7.11 Å². The fourth-order valence-corrected chi connectivity index (χ4v) is 6.07. The molecule has 1 aromatic heterocycles. The number of hydrogen-bond donors (Lipinski definition) is 1. The number of nitrogens with zero attached hydrogens (tertiary/aromatic N) is 1. The van der Waals surface area contributed by atoms with Crippen LogP contribution in [0.25, 0.3) is 11.1 Å². The second-order valence-corrected chi connectivity index (χ2v) is 9.31.